The van der Waals surface area contributed by atoms with Gasteiger partial charge in [-0.15, -0.1) is 0 Å². The highest BCUT2D eigenvalue weighted by atomic mass is 32.2. The maximum absolute atomic E-state index is 13.4. The molecule has 118 valence electrons. The van der Waals surface area contributed by atoms with Crippen molar-refractivity contribution in [2.24, 2.45) is 5.92 Å². The number of thioether (sulfide) groups is 1. The van der Waals surface area contributed by atoms with Crippen LogP contribution in [0.5, 0.6) is 0 Å². The maximum Gasteiger partial charge on any atom is 0.223 e. The number of rotatable bonds is 10. The topological polar surface area (TPSA) is 29.1 Å². The quantitative estimate of drug-likeness (QED) is 0.649. The van der Waals surface area contributed by atoms with Crippen molar-refractivity contribution >= 4 is 17.7 Å². The predicted octanol–water partition coefficient (Wildman–Crippen LogP) is 4.39. The monoisotopic (exact) mass is 311 g/mol. The van der Waals surface area contributed by atoms with E-state index in [0.29, 0.717) is 12.3 Å². The summed E-state index contributed by atoms with van der Waals surface area (Å²) in [6.07, 6.45) is 4.10. The van der Waals surface area contributed by atoms with Crippen LogP contribution in [0.25, 0.3) is 0 Å². The molecule has 1 aromatic carbocycles. The Morgan fingerprint density at radius 1 is 1.33 bits per heavy atom. The Morgan fingerprint density at radius 3 is 2.76 bits per heavy atom. The first-order valence-electron chi connectivity index (χ1n) is 7.77. The second kappa shape index (κ2) is 10.7. The van der Waals surface area contributed by atoms with Crippen molar-refractivity contribution in [3.8, 4) is 0 Å². The summed E-state index contributed by atoms with van der Waals surface area (Å²) in [5.74, 6) is 1.61. The maximum atomic E-state index is 13.4. The Labute approximate surface area is 131 Å². The van der Waals surface area contributed by atoms with Gasteiger partial charge in [0.2, 0.25) is 5.91 Å². The molecule has 0 radical (unpaired) electrons. The van der Waals surface area contributed by atoms with Gasteiger partial charge in [-0.25, -0.2) is 4.39 Å². The lowest BCUT2D eigenvalue weighted by molar-refractivity contribution is -0.125. The zero-order valence-electron chi connectivity index (χ0n) is 13.0. The minimum atomic E-state index is -0.153. The predicted molar refractivity (Wildman–Crippen MR) is 88.9 cm³/mol. The van der Waals surface area contributed by atoms with E-state index in [1.54, 1.807) is 23.9 Å². The van der Waals surface area contributed by atoms with Crippen LogP contribution in [0.2, 0.25) is 0 Å². The van der Waals surface area contributed by atoms with Crippen molar-refractivity contribution in [3.05, 3.63) is 35.6 Å². The van der Waals surface area contributed by atoms with Gasteiger partial charge in [-0.3, -0.25) is 4.79 Å². The lowest BCUT2D eigenvalue weighted by atomic mass is 9.98. The van der Waals surface area contributed by atoms with Crippen molar-refractivity contribution in [1.29, 1.82) is 0 Å². The van der Waals surface area contributed by atoms with Crippen LogP contribution in [0.1, 0.15) is 45.1 Å². The minimum absolute atomic E-state index is 0.140. The van der Waals surface area contributed by atoms with Gasteiger partial charge in [-0.05, 0) is 24.5 Å². The van der Waals surface area contributed by atoms with Crippen LogP contribution in [0.4, 0.5) is 4.39 Å². The van der Waals surface area contributed by atoms with Gasteiger partial charge in [0.25, 0.3) is 0 Å². The smallest absolute Gasteiger partial charge is 0.223 e. The third kappa shape index (κ3) is 6.98. The summed E-state index contributed by atoms with van der Waals surface area (Å²) in [4.78, 5) is 12.0. The van der Waals surface area contributed by atoms with Gasteiger partial charge in [0.15, 0.2) is 0 Å². The molecule has 1 N–H and O–H groups in total. The first-order valence-corrected chi connectivity index (χ1v) is 8.93. The van der Waals surface area contributed by atoms with Crippen LogP contribution in [0, 0.1) is 11.7 Å². The third-order valence-corrected chi connectivity index (χ3v) is 4.54. The fourth-order valence-corrected chi connectivity index (χ4v) is 3.00. The van der Waals surface area contributed by atoms with E-state index in [-0.39, 0.29) is 17.6 Å². The molecule has 0 spiro atoms. The molecular formula is C17H26FNOS. The molecule has 0 bridgehead atoms. The van der Waals surface area contributed by atoms with E-state index in [4.69, 9.17) is 0 Å². The molecule has 1 atom stereocenters. The average Bonchev–Trinajstić information content (AvgIpc) is 2.49. The Morgan fingerprint density at radius 2 is 2.10 bits per heavy atom. The molecule has 0 heterocycles. The largest absolute Gasteiger partial charge is 0.355 e. The zero-order valence-corrected chi connectivity index (χ0v) is 13.8. The van der Waals surface area contributed by atoms with Gasteiger partial charge >= 0.3 is 0 Å². The first kappa shape index (κ1) is 18.0. The molecule has 0 fully saturated rings. The number of hydrogen-bond acceptors (Lipinski definition) is 2. The van der Waals surface area contributed by atoms with Gasteiger partial charge < -0.3 is 5.32 Å². The number of unbranched alkanes of at least 4 members (excludes halogenated alkanes) is 1. The minimum Gasteiger partial charge on any atom is -0.355 e. The molecule has 0 unspecified atom stereocenters. The molecule has 0 saturated heterocycles. The number of amides is 1. The van der Waals surface area contributed by atoms with E-state index in [9.17, 15) is 9.18 Å². The second-order valence-corrected chi connectivity index (χ2v) is 6.29. The van der Waals surface area contributed by atoms with Crippen molar-refractivity contribution in [3.63, 3.8) is 0 Å². The summed E-state index contributed by atoms with van der Waals surface area (Å²) in [5, 5.41) is 2.99. The van der Waals surface area contributed by atoms with Crippen LogP contribution in [0.15, 0.2) is 24.3 Å². The summed E-state index contributed by atoms with van der Waals surface area (Å²) < 4.78 is 13.4. The summed E-state index contributed by atoms with van der Waals surface area (Å²) >= 11 is 1.64. The number of carbonyl (C=O) groups is 1. The number of halogens is 1. The van der Waals surface area contributed by atoms with Crippen LogP contribution in [-0.4, -0.2) is 18.2 Å². The molecule has 21 heavy (non-hydrogen) atoms. The Bertz CT molecular complexity index is 425. The van der Waals surface area contributed by atoms with E-state index in [2.05, 4.69) is 19.2 Å². The van der Waals surface area contributed by atoms with E-state index in [1.807, 2.05) is 6.07 Å². The van der Waals surface area contributed by atoms with E-state index < -0.39 is 0 Å². The van der Waals surface area contributed by atoms with Crippen molar-refractivity contribution < 1.29 is 9.18 Å². The molecule has 4 heteroatoms. The number of nitrogens with one attached hydrogen (secondary N) is 1. The normalized spacial score (nSPS) is 12.1. The molecular weight excluding hydrogens is 285 g/mol. The van der Waals surface area contributed by atoms with Crippen molar-refractivity contribution in [2.45, 2.75) is 45.3 Å². The van der Waals surface area contributed by atoms with Crippen LogP contribution >= 0.6 is 11.8 Å². The lowest BCUT2D eigenvalue weighted by Crippen LogP contribution is -2.32. The van der Waals surface area contributed by atoms with Crippen molar-refractivity contribution in [1.82, 2.24) is 5.32 Å². The number of benzene rings is 1. The van der Waals surface area contributed by atoms with E-state index in [0.717, 1.165) is 37.0 Å². The van der Waals surface area contributed by atoms with Crippen molar-refractivity contribution in [2.75, 3.05) is 12.3 Å². The fourth-order valence-electron chi connectivity index (χ4n) is 2.16. The fraction of sp³-hybridized carbons (Fsp3) is 0.588. The summed E-state index contributed by atoms with van der Waals surface area (Å²) in [6, 6.07) is 6.83. The highest BCUT2D eigenvalue weighted by Gasteiger charge is 2.14. The van der Waals surface area contributed by atoms with Crippen LogP contribution in [-0.2, 0) is 10.5 Å². The molecule has 0 aliphatic carbocycles. The standard InChI is InChI=1S/C17H26FNOS/c1-3-5-8-14(4-2)17(20)19-11-12-21-13-15-9-6-7-10-16(15)18/h6-7,9-10,14H,3-5,8,11-13H2,1-2H3,(H,19,20)/t14-/m1/s1. The molecule has 2 nitrogen and oxygen atoms in total. The highest BCUT2D eigenvalue weighted by molar-refractivity contribution is 7.98. The Balaban J connectivity index is 2.18. The summed E-state index contributed by atoms with van der Waals surface area (Å²) in [6.45, 7) is 4.86. The first-order chi connectivity index (χ1) is 10.2. The molecule has 0 saturated carbocycles. The molecule has 1 aromatic rings. The van der Waals surface area contributed by atoms with Crippen LogP contribution < -0.4 is 5.32 Å². The molecule has 0 aliphatic rings. The number of carbonyl (C=O) groups excluding carboxylic acids is 1. The van der Waals surface area contributed by atoms with Gasteiger partial charge in [-0.1, -0.05) is 44.9 Å². The molecule has 0 aliphatic heterocycles. The zero-order chi connectivity index (χ0) is 15.5. The Kier molecular flexibility index (Phi) is 9.15. The summed E-state index contributed by atoms with van der Waals surface area (Å²) in [5.41, 5.74) is 0.725. The van der Waals surface area contributed by atoms with E-state index in [1.165, 1.54) is 6.07 Å². The SMILES string of the molecule is CCCC[C@@H](CC)C(=O)NCCSCc1ccccc1F. The highest BCUT2D eigenvalue weighted by Crippen LogP contribution is 2.15. The molecule has 1 rings (SSSR count). The van der Waals surface area contributed by atoms with Gasteiger partial charge in [-0.2, -0.15) is 11.8 Å². The lowest BCUT2D eigenvalue weighted by Gasteiger charge is -2.14. The average molecular weight is 311 g/mol. The number of hydrogen-bond donors (Lipinski definition) is 1. The van der Waals surface area contributed by atoms with E-state index >= 15 is 0 Å². The van der Waals surface area contributed by atoms with Gasteiger partial charge in [0, 0.05) is 24.0 Å². The second-order valence-electron chi connectivity index (χ2n) is 5.18. The third-order valence-electron chi connectivity index (χ3n) is 3.53. The van der Waals surface area contributed by atoms with Gasteiger partial charge in [0.1, 0.15) is 5.82 Å². The van der Waals surface area contributed by atoms with Gasteiger partial charge in [0.05, 0.1) is 0 Å². The molecule has 0 aromatic heterocycles. The Hall–Kier alpha value is -1.03. The van der Waals surface area contributed by atoms with Crippen LogP contribution in [0.3, 0.4) is 0 Å². The summed E-state index contributed by atoms with van der Waals surface area (Å²) in [7, 11) is 0. The molecule has 1 amide bonds.